The van der Waals surface area contributed by atoms with E-state index in [4.69, 9.17) is 4.98 Å². The fourth-order valence-electron chi connectivity index (χ4n) is 3.68. The number of nitrogens with zero attached hydrogens (tertiary/aromatic N) is 1. The molecule has 1 N–H and O–H groups in total. The van der Waals surface area contributed by atoms with Crippen molar-refractivity contribution in [3.8, 4) is 0 Å². The van der Waals surface area contributed by atoms with E-state index >= 15 is 0 Å². The SMILES string of the molecule is CCCCC1CCC(CNCC)(Cc2nc(C)cs2)CC1. The van der Waals surface area contributed by atoms with E-state index in [1.807, 2.05) is 11.3 Å². The molecule has 1 fully saturated rings. The zero-order valence-electron chi connectivity index (χ0n) is 14.1. The van der Waals surface area contributed by atoms with Crippen molar-refractivity contribution in [3.63, 3.8) is 0 Å². The van der Waals surface area contributed by atoms with Crippen molar-refractivity contribution < 1.29 is 0 Å². The van der Waals surface area contributed by atoms with Crippen LogP contribution in [0, 0.1) is 18.3 Å². The van der Waals surface area contributed by atoms with E-state index in [9.17, 15) is 0 Å². The van der Waals surface area contributed by atoms with Gasteiger partial charge in [0, 0.05) is 24.0 Å². The van der Waals surface area contributed by atoms with Crippen molar-refractivity contribution in [1.29, 1.82) is 0 Å². The number of aromatic nitrogens is 1. The summed E-state index contributed by atoms with van der Waals surface area (Å²) in [4.78, 5) is 4.72. The quantitative estimate of drug-likeness (QED) is 0.733. The third-order valence-electron chi connectivity index (χ3n) is 5.07. The van der Waals surface area contributed by atoms with Gasteiger partial charge in [0.1, 0.15) is 0 Å². The fraction of sp³-hybridized carbons (Fsp3) is 0.833. The Hall–Kier alpha value is -0.410. The van der Waals surface area contributed by atoms with E-state index in [2.05, 4.69) is 31.5 Å². The summed E-state index contributed by atoms with van der Waals surface area (Å²) in [6.45, 7) is 8.89. The minimum absolute atomic E-state index is 0.461. The second kappa shape index (κ2) is 8.28. The Morgan fingerprint density at radius 3 is 2.67 bits per heavy atom. The topological polar surface area (TPSA) is 24.9 Å². The Kier molecular flexibility index (Phi) is 6.69. The average molecular weight is 309 g/mol. The minimum Gasteiger partial charge on any atom is -0.316 e. The summed E-state index contributed by atoms with van der Waals surface area (Å²) in [5.41, 5.74) is 1.65. The molecule has 0 aliphatic heterocycles. The maximum Gasteiger partial charge on any atom is 0.0934 e. The van der Waals surface area contributed by atoms with Gasteiger partial charge in [-0.05, 0) is 50.5 Å². The normalized spacial score (nSPS) is 26.1. The van der Waals surface area contributed by atoms with Gasteiger partial charge in [0.25, 0.3) is 0 Å². The van der Waals surface area contributed by atoms with E-state index in [1.165, 1.54) is 68.6 Å². The van der Waals surface area contributed by atoms with Crippen LogP contribution in [-0.2, 0) is 6.42 Å². The lowest BCUT2D eigenvalue weighted by Crippen LogP contribution is -2.39. The summed E-state index contributed by atoms with van der Waals surface area (Å²) in [7, 11) is 0. The number of aryl methyl sites for hydroxylation is 1. The molecule has 0 amide bonds. The molecule has 2 nitrogen and oxygen atoms in total. The largest absolute Gasteiger partial charge is 0.316 e. The Morgan fingerprint density at radius 1 is 1.33 bits per heavy atom. The molecule has 1 saturated carbocycles. The van der Waals surface area contributed by atoms with Crippen molar-refractivity contribution in [2.75, 3.05) is 13.1 Å². The first-order valence-corrected chi connectivity index (χ1v) is 9.67. The van der Waals surface area contributed by atoms with Gasteiger partial charge in [0.2, 0.25) is 0 Å². The molecule has 1 aliphatic rings. The van der Waals surface area contributed by atoms with Crippen LogP contribution in [0.4, 0.5) is 0 Å². The standard InChI is InChI=1S/C18H32N2S/c1-4-6-7-16-8-10-18(11-9-16,14-19-5-2)12-17-20-15(3)13-21-17/h13,16,19H,4-12,14H2,1-3H3. The number of hydrogen-bond donors (Lipinski definition) is 1. The van der Waals surface area contributed by atoms with Crippen LogP contribution in [0.3, 0.4) is 0 Å². The number of hydrogen-bond acceptors (Lipinski definition) is 3. The van der Waals surface area contributed by atoms with Crippen molar-refractivity contribution in [1.82, 2.24) is 10.3 Å². The Balaban J connectivity index is 1.95. The molecule has 1 heterocycles. The van der Waals surface area contributed by atoms with E-state index in [-0.39, 0.29) is 0 Å². The molecule has 2 rings (SSSR count). The molecule has 0 bridgehead atoms. The van der Waals surface area contributed by atoms with Gasteiger partial charge in [-0.3, -0.25) is 0 Å². The fourth-order valence-corrected chi connectivity index (χ4v) is 4.63. The van der Waals surface area contributed by atoms with Crippen LogP contribution in [-0.4, -0.2) is 18.1 Å². The van der Waals surface area contributed by atoms with Gasteiger partial charge in [-0.1, -0.05) is 33.1 Å². The molecule has 1 aliphatic carbocycles. The third kappa shape index (κ3) is 5.07. The number of thiazole rings is 1. The monoisotopic (exact) mass is 308 g/mol. The maximum absolute atomic E-state index is 4.72. The summed E-state index contributed by atoms with van der Waals surface area (Å²) < 4.78 is 0. The summed E-state index contributed by atoms with van der Waals surface area (Å²) in [5.74, 6) is 0.984. The Morgan fingerprint density at radius 2 is 2.10 bits per heavy atom. The molecular weight excluding hydrogens is 276 g/mol. The zero-order valence-corrected chi connectivity index (χ0v) is 14.9. The summed E-state index contributed by atoms with van der Waals surface area (Å²) in [5, 5.41) is 7.16. The lowest BCUT2D eigenvalue weighted by molar-refractivity contribution is 0.139. The van der Waals surface area contributed by atoms with Gasteiger partial charge in [0.15, 0.2) is 0 Å². The van der Waals surface area contributed by atoms with Crippen LogP contribution < -0.4 is 5.32 Å². The van der Waals surface area contributed by atoms with Gasteiger partial charge < -0.3 is 5.32 Å². The number of unbranched alkanes of at least 4 members (excludes halogenated alkanes) is 1. The van der Waals surface area contributed by atoms with Gasteiger partial charge >= 0.3 is 0 Å². The van der Waals surface area contributed by atoms with Crippen molar-refractivity contribution >= 4 is 11.3 Å². The van der Waals surface area contributed by atoms with Gasteiger partial charge in [0.05, 0.1) is 5.01 Å². The lowest BCUT2D eigenvalue weighted by Gasteiger charge is -2.40. The molecule has 21 heavy (non-hydrogen) atoms. The first-order valence-electron chi connectivity index (χ1n) is 8.79. The van der Waals surface area contributed by atoms with Crippen LogP contribution in [0.1, 0.15) is 69.5 Å². The minimum atomic E-state index is 0.461. The van der Waals surface area contributed by atoms with Crippen molar-refractivity contribution in [3.05, 3.63) is 16.1 Å². The molecule has 120 valence electrons. The zero-order chi connectivity index (χ0) is 15.1. The molecule has 1 aromatic heterocycles. The summed E-state index contributed by atoms with van der Waals surface area (Å²) >= 11 is 1.85. The summed E-state index contributed by atoms with van der Waals surface area (Å²) in [6, 6.07) is 0. The number of nitrogens with one attached hydrogen (secondary N) is 1. The van der Waals surface area contributed by atoms with Crippen LogP contribution in [0.25, 0.3) is 0 Å². The third-order valence-corrected chi connectivity index (χ3v) is 6.04. The average Bonchev–Trinajstić information content (AvgIpc) is 2.89. The van der Waals surface area contributed by atoms with Crippen LogP contribution >= 0.6 is 11.3 Å². The van der Waals surface area contributed by atoms with E-state index in [0.717, 1.165) is 12.5 Å². The van der Waals surface area contributed by atoms with Gasteiger partial charge in [-0.25, -0.2) is 4.98 Å². The molecule has 1 aromatic rings. The summed E-state index contributed by atoms with van der Waals surface area (Å²) in [6.07, 6.45) is 11.0. The first-order chi connectivity index (χ1) is 10.2. The van der Waals surface area contributed by atoms with Crippen LogP contribution in [0.2, 0.25) is 0 Å². The van der Waals surface area contributed by atoms with Gasteiger partial charge in [-0.2, -0.15) is 0 Å². The second-order valence-corrected chi connectivity index (χ2v) is 7.87. The van der Waals surface area contributed by atoms with Gasteiger partial charge in [-0.15, -0.1) is 11.3 Å². The number of rotatable bonds is 8. The van der Waals surface area contributed by atoms with E-state index in [1.54, 1.807) is 0 Å². The van der Waals surface area contributed by atoms with Crippen molar-refractivity contribution in [2.45, 2.75) is 72.1 Å². The molecule has 0 aromatic carbocycles. The molecular formula is C18H32N2S. The van der Waals surface area contributed by atoms with E-state index in [0.29, 0.717) is 5.41 Å². The first kappa shape index (κ1) is 17.0. The molecule has 0 spiro atoms. The Bertz CT molecular complexity index is 405. The van der Waals surface area contributed by atoms with Crippen LogP contribution in [0.5, 0.6) is 0 Å². The molecule has 0 atom stereocenters. The van der Waals surface area contributed by atoms with E-state index < -0.39 is 0 Å². The predicted octanol–water partition coefficient (Wildman–Crippen LogP) is 4.97. The maximum atomic E-state index is 4.72. The smallest absolute Gasteiger partial charge is 0.0934 e. The molecule has 0 saturated heterocycles. The van der Waals surface area contributed by atoms with Crippen LogP contribution in [0.15, 0.2) is 5.38 Å². The lowest BCUT2D eigenvalue weighted by atomic mass is 9.67. The molecule has 0 unspecified atom stereocenters. The Labute approximate surface area is 134 Å². The predicted molar refractivity (Wildman–Crippen MR) is 93.0 cm³/mol. The van der Waals surface area contributed by atoms with Crippen molar-refractivity contribution in [2.24, 2.45) is 11.3 Å². The molecule has 0 radical (unpaired) electrons. The highest BCUT2D eigenvalue weighted by molar-refractivity contribution is 7.09. The highest BCUT2D eigenvalue weighted by atomic mass is 32.1. The highest BCUT2D eigenvalue weighted by Gasteiger charge is 2.35. The second-order valence-electron chi connectivity index (χ2n) is 6.93. The highest BCUT2D eigenvalue weighted by Crippen LogP contribution is 2.43. The molecule has 3 heteroatoms.